The molecule has 0 spiro atoms. The van der Waals surface area contributed by atoms with Crippen LogP contribution in [-0.2, 0) is 0 Å². The van der Waals surface area contributed by atoms with Gasteiger partial charge in [-0.2, -0.15) is 5.26 Å². The van der Waals surface area contributed by atoms with E-state index in [0.717, 1.165) is 0 Å². The topological polar surface area (TPSA) is 87.2 Å². The Morgan fingerprint density at radius 1 is 1.56 bits per heavy atom. The Bertz CT molecular complexity index is 520. The van der Waals surface area contributed by atoms with Crippen molar-refractivity contribution in [3.05, 3.63) is 39.4 Å². The molecule has 1 amide bonds. The molecule has 0 N–H and O–H groups in total. The van der Waals surface area contributed by atoms with E-state index in [2.05, 4.69) is 0 Å². The van der Waals surface area contributed by atoms with Crippen LogP contribution in [-0.4, -0.2) is 29.3 Å². The van der Waals surface area contributed by atoms with Gasteiger partial charge in [0.15, 0.2) is 0 Å². The van der Waals surface area contributed by atoms with Crippen LogP contribution in [0.15, 0.2) is 18.2 Å². The summed E-state index contributed by atoms with van der Waals surface area (Å²) >= 11 is 0. The number of nitro benzene ring substituents is 1. The maximum Gasteiger partial charge on any atom is 0.270 e. The highest BCUT2D eigenvalue weighted by atomic mass is 16.6. The Hall–Kier alpha value is -2.42. The van der Waals surface area contributed by atoms with E-state index in [0.29, 0.717) is 17.7 Å². The van der Waals surface area contributed by atoms with Crippen molar-refractivity contribution >= 4 is 11.6 Å². The van der Waals surface area contributed by atoms with Gasteiger partial charge in [-0.15, -0.1) is 0 Å². The summed E-state index contributed by atoms with van der Waals surface area (Å²) in [5, 5.41) is 19.1. The van der Waals surface area contributed by atoms with Gasteiger partial charge in [0.05, 0.1) is 17.4 Å². The van der Waals surface area contributed by atoms with Crippen molar-refractivity contribution in [2.45, 2.75) is 13.3 Å². The number of nitrogens with zero attached hydrogens (tertiary/aromatic N) is 3. The molecule has 1 rings (SSSR count). The lowest BCUT2D eigenvalue weighted by Gasteiger charge is -2.16. The van der Waals surface area contributed by atoms with Gasteiger partial charge in [0.1, 0.15) is 0 Å². The highest BCUT2D eigenvalue weighted by Crippen LogP contribution is 2.18. The van der Waals surface area contributed by atoms with E-state index in [-0.39, 0.29) is 18.0 Å². The van der Waals surface area contributed by atoms with Crippen LogP contribution in [0.1, 0.15) is 22.3 Å². The molecule has 0 aliphatic rings. The maximum absolute atomic E-state index is 12.0. The van der Waals surface area contributed by atoms with Crippen LogP contribution in [0.2, 0.25) is 0 Å². The number of nitro groups is 1. The van der Waals surface area contributed by atoms with Gasteiger partial charge in [0.2, 0.25) is 0 Å². The highest BCUT2D eigenvalue weighted by molar-refractivity contribution is 5.96. The van der Waals surface area contributed by atoms with Crippen LogP contribution in [0.5, 0.6) is 0 Å². The molecule has 0 heterocycles. The molecular formula is C12H13N3O3. The summed E-state index contributed by atoms with van der Waals surface area (Å²) in [6.45, 7) is 2.02. The molecule has 0 bridgehead atoms. The van der Waals surface area contributed by atoms with Gasteiger partial charge in [0.25, 0.3) is 11.6 Å². The Morgan fingerprint density at radius 3 is 2.78 bits per heavy atom. The van der Waals surface area contributed by atoms with Gasteiger partial charge in [-0.3, -0.25) is 14.9 Å². The van der Waals surface area contributed by atoms with Crippen LogP contribution in [0.4, 0.5) is 5.69 Å². The third-order valence-corrected chi connectivity index (χ3v) is 2.57. The van der Waals surface area contributed by atoms with Gasteiger partial charge in [0, 0.05) is 31.3 Å². The predicted octanol–water partition coefficient (Wildman–Crippen LogP) is 1.89. The minimum absolute atomic E-state index is 0.113. The standard InChI is InChI=1S/C12H13N3O3/c1-9-4-5-10(15(17)18)8-11(9)12(16)14(2)7-3-6-13/h4-5,8H,3,7H2,1-2H3. The molecule has 0 atom stereocenters. The average molecular weight is 247 g/mol. The summed E-state index contributed by atoms with van der Waals surface area (Å²) in [6.07, 6.45) is 0.232. The third kappa shape index (κ3) is 3.04. The SMILES string of the molecule is Cc1ccc([N+](=O)[O-])cc1C(=O)N(C)CCC#N. The fourth-order valence-corrected chi connectivity index (χ4v) is 1.48. The first-order valence-electron chi connectivity index (χ1n) is 5.35. The van der Waals surface area contributed by atoms with E-state index in [9.17, 15) is 14.9 Å². The van der Waals surface area contributed by atoms with Crippen LogP contribution in [0.3, 0.4) is 0 Å². The summed E-state index contributed by atoms with van der Waals surface area (Å²) in [6, 6.07) is 6.12. The largest absolute Gasteiger partial charge is 0.341 e. The second-order valence-electron chi connectivity index (χ2n) is 3.89. The summed E-state index contributed by atoms with van der Waals surface area (Å²) < 4.78 is 0. The molecule has 1 aromatic rings. The fourth-order valence-electron chi connectivity index (χ4n) is 1.48. The van der Waals surface area contributed by atoms with Crippen LogP contribution in [0.25, 0.3) is 0 Å². The number of amides is 1. The number of benzene rings is 1. The number of nitriles is 1. The van der Waals surface area contributed by atoms with Gasteiger partial charge in [-0.05, 0) is 12.5 Å². The van der Waals surface area contributed by atoms with E-state index in [1.807, 2.05) is 6.07 Å². The number of hydrogen-bond acceptors (Lipinski definition) is 4. The number of non-ortho nitro benzene ring substituents is 1. The van der Waals surface area contributed by atoms with Gasteiger partial charge >= 0.3 is 0 Å². The van der Waals surface area contributed by atoms with Crippen molar-refractivity contribution < 1.29 is 9.72 Å². The van der Waals surface area contributed by atoms with Gasteiger partial charge in [-0.25, -0.2) is 0 Å². The molecule has 6 nitrogen and oxygen atoms in total. The Morgan fingerprint density at radius 2 is 2.22 bits per heavy atom. The highest BCUT2D eigenvalue weighted by Gasteiger charge is 2.17. The first-order chi connectivity index (χ1) is 8.47. The minimum Gasteiger partial charge on any atom is -0.341 e. The molecule has 0 saturated heterocycles. The average Bonchev–Trinajstić information content (AvgIpc) is 2.35. The quantitative estimate of drug-likeness (QED) is 0.600. The summed E-state index contributed by atoms with van der Waals surface area (Å²) in [4.78, 5) is 23.6. The zero-order valence-electron chi connectivity index (χ0n) is 10.2. The lowest BCUT2D eigenvalue weighted by atomic mass is 10.1. The van der Waals surface area contributed by atoms with Crippen molar-refractivity contribution in [1.82, 2.24) is 4.90 Å². The van der Waals surface area contributed by atoms with Crippen LogP contribution < -0.4 is 0 Å². The van der Waals surface area contributed by atoms with Crippen molar-refractivity contribution in [1.29, 1.82) is 5.26 Å². The summed E-state index contributed by atoms with van der Waals surface area (Å²) in [5.74, 6) is -0.313. The number of carbonyl (C=O) groups excluding carboxylic acids is 1. The molecule has 6 heteroatoms. The molecule has 1 aromatic carbocycles. The molecule has 0 aliphatic carbocycles. The maximum atomic E-state index is 12.0. The molecule has 0 radical (unpaired) electrons. The minimum atomic E-state index is -0.536. The first kappa shape index (κ1) is 13.6. The lowest BCUT2D eigenvalue weighted by Crippen LogP contribution is -2.28. The number of hydrogen-bond donors (Lipinski definition) is 0. The van der Waals surface area contributed by atoms with Crippen molar-refractivity contribution in [2.24, 2.45) is 0 Å². The van der Waals surface area contributed by atoms with Crippen LogP contribution >= 0.6 is 0 Å². The Kier molecular flexibility index (Phi) is 4.38. The van der Waals surface area contributed by atoms with E-state index >= 15 is 0 Å². The smallest absolute Gasteiger partial charge is 0.270 e. The molecule has 0 saturated carbocycles. The normalized spacial score (nSPS) is 9.61. The van der Waals surface area contributed by atoms with Crippen molar-refractivity contribution in [3.63, 3.8) is 0 Å². The first-order valence-corrected chi connectivity index (χ1v) is 5.35. The summed E-state index contributed by atoms with van der Waals surface area (Å²) in [5.41, 5.74) is 0.858. The predicted molar refractivity (Wildman–Crippen MR) is 65.0 cm³/mol. The third-order valence-electron chi connectivity index (χ3n) is 2.57. The molecule has 0 unspecified atom stereocenters. The molecule has 0 aliphatic heterocycles. The zero-order valence-corrected chi connectivity index (χ0v) is 10.2. The van der Waals surface area contributed by atoms with Crippen molar-refractivity contribution in [2.75, 3.05) is 13.6 Å². The second-order valence-corrected chi connectivity index (χ2v) is 3.89. The van der Waals surface area contributed by atoms with E-state index in [1.54, 1.807) is 20.0 Å². The number of rotatable bonds is 4. The fraction of sp³-hybridized carbons (Fsp3) is 0.333. The van der Waals surface area contributed by atoms with Gasteiger partial charge in [-0.1, -0.05) is 6.07 Å². The molecule has 0 fully saturated rings. The second kappa shape index (κ2) is 5.77. The van der Waals surface area contributed by atoms with E-state index < -0.39 is 4.92 Å². The molecular weight excluding hydrogens is 234 g/mol. The van der Waals surface area contributed by atoms with E-state index in [1.165, 1.54) is 17.0 Å². The zero-order chi connectivity index (χ0) is 13.7. The number of carbonyl (C=O) groups is 1. The summed E-state index contributed by atoms with van der Waals surface area (Å²) in [7, 11) is 1.57. The monoisotopic (exact) mass is 247 g/mol. The van der Waals surface area contributed by atoms with Crippen molar-refractivity contribution in [3.8, 4) is 6.07 Å². The Balaban J connectivity index is 3.01. The van der Waals surface area contributed by atoms with Gasteiger partial charge < -0.3 is 4.90 Å². The van der Waals surface area contributed by atoms with E-state index in [4.69, 9.17) is 5.26 Å². The lowest BCUT2D eigenvalue weighted by molar-refractivity contribution is -0.384. The molecule has 0 aromatic heterocycles. The van der Waals surface area contributed by atoms with Crippen LogP contribution in [0, 0.1) is 28.4 Å². The molecule has 18 heavy (non-hydrogen) atoms. The molecule has 94 valence electrons. The number of aryl methyl sites for hydroxylation is 1. The Labute approximate surface area is 105 Å².